The second kappa shape index (κ2) is 6.95. The van der Waals surface area contributed by atoms with Crippen LogP contribution in [0.15, 0.2) is 36.4 Å². The predicted octanol–water partition coefficient (Wildman–Crippen LogP) is 3.03. The first kappa shape index (κ1) is 15.1. The molecule has 0 amide bonds. The van der Waals surface area contributed by atoms with Crippen LogP contribution in [-0.4, -0.2) is 16.8 Å². The number of halogens is 1. The molecule has 0 unspecified atom stereocenters. The average molecular weight is 291 g/mol. The summed E-state index contributed by atoms with van der Waals surface area (Å²) in [5, 5.41) is 21.8. The Hall–Kier alpha value is -2.27. The lowest BCUT2D eigenvalue weighted by molar-refractivity contribution is 0.267. The van der Waals surface area contributed by atoms with E-state index in [-0.39, 0.29) is 12.4 Å². The van der Waals surface area contributed by atoms with E-state index < -0.39 is 5.82 Å². The van der Waals surface area contributed by atoms with E-state index in [1.807, 2.05) is 13.0 Å². The fraction of sp³-hybridized carbons (Fsp3) is 0.250. The first-order valence-corrected chi connectivity index (χ1v) is 6.71. The van der Waals surface area contributed by atoms with Crippen molar-refractivity contribution in [3.05, 3.63) is 53.3 Å². The smallest absolute Gasteiger partial charge is 0.127 e. The lowest BCUT2D eigenvalue weighted by atomic mass is 10.1. The summed E-state index contributed by atoms with van der Waals surface area (Å²) in [7, 11) is 0. The van der Waals surface area contributed by atoms with Gasteiger partial charge < -0.3 is 20.3 Å². The van der Waals surface area contributed by atoms with Crippen LogP contribution in [0.25, 0.3) is 0 Å². The Labute approximate surface area is 122 Å². The summed E-state index contributed by atoms with van der Waals surface area (Å²) < 4.78 is 18.6. The van der Waals surface area contributed by atoms with E-state index in [0.29, 0.717) is 30.0 Å². The number of aromatic hydroxyl groups is 1. The molecule has 0 saturated carbocycles. The minimum Gasteiger partial charge on any atom is -0.508 e. The third-order valence-corrected chi connectivity index (χ3v) is 2.97. The Morgan fingerprint density at radius 1 is 1.19 bits per heavy atom. The SMILES string of the molecule is CCOc1ccc(NCc2cc(O)cc(F)c2)cc1CO. The highest BCUT2D eigenvalue weighted by atomic mass is 19.1. The summed E-state index contributed by atoms with van der Waals surface area (Å²) in [4.78, 5) is 0. The molecule has 0 heterocycles. The summed E-state index contributed by atoms with van der Waals surface area (Å²) in [6.07, 6.45) is 0. The number of phenols is 1. The van der Waals surface area contributed by atoms with E-state index >= 15 is 0 Å². The van der Waals surface area contributed by atoms with Crippen LogP contribution in [0.1, 0.15) is 18.1 Å². The van der Waals surface area contributed by atoms with Crippen LogP contribution in [-0.2, 0) is 13.2 Å². The van der Waals surface area contributed by atoms with E-state index in [1.54, 1.807) is 12.1 Å². The van der Waals surface area contributed by atoms with E-state index in [9.17, 15) is 14.6 Å². The molecular weight excluding hydrogens is 273 g/mol. The summed E-state index contributed by atoms with van der Waals surface area (Å²) in [5.74, 6) is 0.0676. The van der Waals surface area contributed by atoms with E-state index in [0.717, 1.165) is 11.8 Å². The Kier molecular flexibility index (Phi) is 5.00. The van der Waals surface area contributed by atoms with Gasteiger partial charge in [-0.25, -0.2) is 4.39 Å². The van der Waals surface area contributed by atoms with Crippen LogP contribution >= 0.6 is 0 Å². The van der Waals surface area contributed by atoms with Gasteiger partial charge in [-0.15, -0.1) is 0 Å². The standard InChI is InChI=1S/C16H18FNO3/c1-2-21-16-4-3-14(7-12(16)10-19)18-9-11-5-13(17)8-15(20)6-11/h3-8,18-20H,2,9-10H2,1H3. The van der Waals surface area contributed by atoms with Gasteiger partial charge in [-0.05, 0) is 42.8 Å². The van der Waals surface area contributed by atoms with Crippen molar-refractivity contribution in [3.63, 3.8) is 0 Å². The van der Waals surface area contributed by atoms with Crippen molar-refractivity contribution in [3.8, 4) is 11.5 Å². The Bertz CT molecular complexity index is 596. The molecule has 0 fully saturated rings. The van der Waals surface area contributed by atoms with E-state index in [1.165, 1.54) is 12.1 Å². The molecule has 112 valence electrons. The molecule has 21 heavy (non-hydrogen) atoms. The molecule has 4 nitrogen and oxygen atoms in total. The number of ether oxygens (including phenoxy) is 1. The molecule has 0 atom stereocenters. The van der Waals surface area contributed by atoms with Crippen molar-refractivity contribution in [1.29, 1.82) is 0 Å². The normalized spacial score (nSPS) is 10.4. The molecule has 0 spiro atoms. The summed E-state index contributed by atoms with van der Waals surface area (Å²) >= 11 is 0. The number of rotatable bonds is 6. The van der Waals surface area contributed by atoms with Gasteiger partial charge in [0.25, 0.3) is 0 Å². The van der Waals surface area contributed by atoms with Crippen molar-refractivity contribution in [2.75, 3.05) is 11.9 Å². The van der Waals surface area contributed by atoms with Gasteiger partial charge in [-0.3, -0.25) is 0 Å². The number of anilines is 1. The Morgan fingerprint density at radius 3 is 2.67 bits per heavy atom. The number of hydrogen-bond donors (Lipinski definition) is 3. The minimum absolute atomic E-state index is 0.102. The second-order valence-electron chi connectivity index (χ2n) is 4.58. The highest BCUT2D eigenvalue weighted by Gasteiger charge is 2.05. The summed E-state index contributed by atoms with van der Waals surface area (Å²) in [6, 6.07) is 9.30. The number of nitrogens with one attached hydrogen (secondary N) is 1. The van der Waals surface area contributed by atoms with Gasteiger partial charge in [0.2, 0.25) is 0 Å². The topological polar surface area (TPSA) is 61.7 Å². The molecule has 5 heteroatoms. The number of aliphatic hydroxyl groups is 1. The fourth-order valence-electron chi connectivity index (χ4n) is 2.05. The average Bonchev–Trinajstić information content (AvgIpc) is 2.45. The molecule has 0 aliphatic heterocycles. The molecule has 2 aromatic carbocycles. The lowest BCUT2D eigenvalue weighted by Crippen LogP contribution is -2.02. The van der Waals surface area contributed by atoms with Gasteiger partial charge in [-0.2, -0.15) is 0 Å². The van der Waals surface area contributed by atoms with Crippen molar-refractivity contribution in [1.82, 2.24) is 0 Å². The monoisotopic (exact) mass is 291 g/mol. The van der Waals surface area contributed by atoms with Crippen molar-refractivity contribution in [2.24, 2.45) is 0 Å². The zero-order valence-electron chi connectivity index (χ0n) is 11.8. The quantitative estimate of drug-likeness (QED) is 0.765. The van der Waals surface area contributed by atoms with Gasteiger partial charge in [0.05, 0.1) is 13.2 Å². The molecule has 0 bridgehead atoms. The maximum Gasteiger partial charge on any atom is 0.127 e. The van der Waals surface area contributed by atoms with Crippen LogP contribution < -0.4 is 10.1 Å². The molecular formula is C16H18FNO3. The molecule has 0 saturated heterocycles. The Balaban J connectivity index is 2.09. The second-order valence-corrected chi connectivity index (χ2v) is 4.58. The molecule has 0 radical (unpaired) electrons. The third-order valence-electron chi connectivity index (χ3n) is 2.97. The molecule has 2 aromatic rings. The first-order chi connectivity index (χ1) is 10.1. The maximum atomic E-state index is 13.2. The highest BCUT2D eigenvalue weighted by Crippen LogP contribution is 2.24. The molecule has 3 N–H and O–H groups in total. The molecule has 0 aliphatic rings. The van der Waals surface area contributed by atoms with Crippen LogP contribution in [0.2, 0.25) is 0 Å². The molecule has 2 rings (SSSR count). The summed E-state index contributed by atoms with van der Waals surface area (Å²) in [5.41, 5.74) is 2.10. The Morgan fingerprint density at radius 2 is 2.00 bits per heavy atom. The van der Waals surface area contributed by atoms with Gasteiger partial charge >= 0.3 is 0 Å². The molecule has 0 aromatic heterocycles. The van der Waals surface area contributed by atoms with Gasteiger partial charge in [0.15, 0.2) is 0 Å². The third kappa shape index (κ3) is 4.10. The number of aliphatic hydroxyl groups excluding tert-OH is 1. The fourth-order valence-corrected chi connectivity index (χ4v) is 2.05. The predicted molar refractivity (Wildman–Crippen MR) is 78.9 cm³/mol. The van der Waals surface area contributed by atoms with Gasteiger partial charge in [0.1, 0.15) is 17.3 Å². The van der Waals surface area contributed by atoms with Crippen molar-refractivity contribution >= 4 is 5.69 Å². The first-order valence-electron chi connectivity index (χ1n) is 6.71. The number of hydrogen-bond acceptors (Lipinski definition) is 4. The van der Waals surface area contributed by atoms with E-state index in [2.05, 4.69) is 5.32 Å². The van der Waals surface area contributed by atoms with Crippen molar-refractivity contribution in [2.45, 2.75) is 20.1 Å². The highest BCUT2D eigenvalue weighted by molar-refractivity contribution is 5.51. The van der Waals surface area contributed by atoms with Crippen LogP contribution in [0.3, 0.4) is 0 Å². The zero-order chi connectivity index (χ0) is 15.2. The van der Waals surface area contributed by atoms with Gasteiger partial charge in [0, 0.05) is 23.9 Å². The maximum absolute atomic E-state index is 13.2. The number of phenolic OH excluding ortho intramolecular Hbond substituents is 1. The molecule has 0 aliphatic carbocycles. The number of benzene rings is 2. The van der Waals surface area contributed by atoms with E-state index in [4.69, 9.17) is 4.74 Å². The van der Waals surface area contributed by atoms with Crippen LogP contribution in [0.4, 0.5) is 10.1 Å². The van der Waals surface area contributed by atoms with Crippen molar-refractivity contribution < 1.29 is 19.3 Å². The largest absolute Gasteiger partial charge is 0.508 e. The minimum atomic E-state index is -0.477. The lowest BCUT2D eigenvalue weighted by Gasteiger charge is -2.12. The van der Waals surface area contributed by atoms with Crippen LogP contribution in [0.5, 0.6) is 11.5 Å². The summed E-state index contributed by atoms with van der Waals surface area (Å²) in [6.45, 7) is 2.65. The zero-order valence-corrected chi connectivity index (χ0v) is 11.8. The van der Waals surface area contributed by atoms with Gasteiger partial charge in [-0.1, -0.05) is 0 Å². The van der Waals surface area contributed by atoms with Crippen LogP contribution in [0, 0.1) is 5.82 Å².